The van der Waals surface area contributed by atoms with Crippen LogP contribution in [-0.2, 0) is 26.8 Å². The first kappa shape index (κ1) is 20.9. The smallest absolute Gasteiger partial charge is 0.417 e. The number of carboxylic acid groups (broad SMARTS) is 1. The molecule has 31 heavy (non-hydrogen) atoms. The number of halogens is 4. The molecule has 9 nitrogen and oxygen atoms in total. The van der Waals surface area contributed by atoms with Gasteiger partial charge in [-0.25, -0.2) is 19.1 Å². The van der Waals surface area contributed by atoms with E-state index in [4.69, 9.17) is 0 Å². The molecule has 0 aliphatic rings. The fourth-order valence-corrected chi connectivity index (χ4v) is 3.94. The van der Waals surface area contributed by atoms with E-state index < -0.39 is 35.6 Å². The summed E-state index contributed by atoms with van der Waals surface area (Å²) in [6, 6.07) is 4.19. The summed E-state index contributed by atoms with van der Waals surface area (Å²) < 4.78 is 44.4. The summed E-state index contributed by atoms with van der Waals surface area (Å²) in [5.74, 6) is 0. The first-order valence-corrected chi connectivity index (χ1v) is 9.48. The van der Waals surface area contributed by atoms with Crippen molar-refractivity contribution in [3.8, 4) is 0 Å². The molecule has 3 heterocycles. The molecule has 0 atom stereocenters. The minimum Gasteiger partial charge on any atom is -0.464 e. The van der Waals surface area contributed by atoms with Crippen LogP contribution in [0.25, 0.3) is 22.1 Å². The molecular weight excluding hydrogens is 487 g/mol. The minimum absolute atomic E-state index is 0.0722. The third kappa shape index (κ3) is 3.07. The van der Waals surface area contributed by atoms with E-state index >= 15 is 0 Å². The van der Waals surface area contributed by atoms with Crippen LogP contribution in [0.3, 0.4) is 0 Å². The topological polar surface area (TPSA) is 104 Å². The molecule has 0 fully saturated rings. The van der Waals surface area contributed by atoms with Crippen LogP contribution in [0, 0.1) is 0 Å². The van der Waals surface area contributed by atoms with E-state index in [2.05, 4.69) is 20.9 Å². The van der Waals surface area contributed by atoms with Gasteiger partial charge in [0.25, 0.3) is 5.56 Å². The third-order valence-corrected chi connectivity index (χ3v) is 5.75. The van der Waals surface area contributed by atoms with Crippen molar-refractivity contribution < 1.29 is 23.1 Å². The predicted molar refractivity (Wildman–Crippen MR) is 107 cm³/mol. The van der Waals surface area contributed by atoms with Gasteiger partial charge < -0.3 is 9.67 Å². The van der Waals surface area contributed by atoms with Gasteiger partial charge in [-0.05, 0) is 34.1 Å². The largest absolute Gasteiger partial charge is 0.464 e. The second-order valence-corrected chi connectivity index (χ2v) is 7.54. The highest BCUT2D eigenvalue weighted by atomic mass is 79.9. The maximum atomic E-state index is 13.4. The summed E-state index contributed by atoms with van der Waals surface area (Å²) >= 11 is 3.17. The fourth-order valence-electron chi connectivity index (χ4n) is 3.59. The van der Waals surface area contributed by atoms with Gasteiger partial charge in [-0.3, -0.25) is 13.9 Å². The highest BCUT2D eigenvalue weighted by Crippen LogP contribution is 2.36. The average molecular weight is 500 g/mol. The zero-order valence-corrected chi connectivity index (χ0v) is 17.5. The molecule has 162 valence electrons. The van der Waals surface area contributed by atoms with Crippen molar-refractivity contribution in [2.45, 2.75) is 12.7 Å². The monoisotopic (exact) mass is 499 g/mol. The van der Waals surface area contributed by atoms with Crippen LogP contribution in [0.1, 0.15) is 11.3 Å². The normalized spacial score (nSPS) is 12.2. The summed E-state index contributed by atoms with van der Waals surface area (Å²) in [5.41, 5.74) is -2.75. The number of fused-ring (bicyclic) bond motifs is 2. The van der Waals surface area contributed by atoms with E-state index in [1.165, 1.54) is 17.7 Å². The molecule has 0 aliphatic carbocycles. The van der Waals surface area contributed by atoms with Crippen molar-refractivity contribution in [2.24, 2.45) is 14.1 Å². The van der Waals surface area contributed by atoms with E-state index in [1.807, 2.05) is 0 Å². The summed E-state index contributed by atoms with van der Waals surface area (Å²) in [7, 11) is 2.92. The van der Waals surface area contributed by atoms with E-state index in [0.29, 0.717) is 9.30 Å². The van der Waals surface area contributed by atoms with Gasteiger partial charge in [0.2, 0.25) is 0 Å². The lowest BCUT2D eigenvalue weighted by Gasteiger charge is -2.10. The summed E-state index contributed by atoms with van der Waals surface area (Å²) in [6.07, 6.45) is -6.26. The Kier molecular flexibility index (Phi) is 4.61. The minimum atomic E-state index is -4.71. The zero-order chi connectivity index (χ0) is 22.8. The fraction of sp³-hybridized carbons (Fsp3) is 0.222. The molecule has 0 unspecified atom stereocenters. The number of nitrogens with zero attached hydrogens (tertiary/aromatic N) is 5. The highest BCUT2D eigenvalue weighted by molar-refractivity contribution is 9.10. The van der Waals surface area contributed by atoms with Crippen molar-refractivity contribution >= 4 is 44.1 Å². The Labute approximate surface area is 178 Å². The molecule has 4 aromatic rings. The van der Waals surface area contributed by atoms with Gasteiger partial charge in [0, 0.05) is 19.5 Å². The molecular formula is C18H13BrF3N5O4. The summed E-state index contributed by atoms with van der Waals surface area (Å²) in [5, 5.41) is 9.28. The molecule has 0 saturated heterocycles. The van der Waals surface area contributed by atoms with Gasteiger partial charge in [0.15, 0.2) is 15.9 Å². The van der Waals surface area contributed by atoms with E-state index in [9.17, 15) is 32.7 Å². The van der Waals surface area contributed by atoms with Crippen molar-refractivity contribution in [1.29, 1.82) is 0 Å². The Morgan fingerprint density at radius 2 is 1.87 bits per heavy atom. The van der Waals surface area contributed by atoms with Gasteiger partial charge in [-0.2, -0.15) is 13.2 Å². The van der Waals surface area contributed by atoms with Crippen LogP contribution < -0.4 is 11.2 Å². The van der Waals surface area contributed by atoms with Crippen LogP contribution in [0.2, 0.25) is 0 Å². The van der Waals surface area contributed by atoms with Crippen molar-refractivity contribution in [2.75, 3.05) is 0 Å². The molecule has 1 N–H and O–H groups in total. The SMILES string of the molecule is Cn1c(Br)nc2c1c(=O)n(Cc1cc3c(C(F)(F)F)cccc3n1C(=O)O)c(=O)n2C. The van der Waals surface area contributed by atoms with Gasteiger partial charge in [0.1, 0.15) is 0 Å². The first-order valence-electron chi connectivity index (χ1n) is 8.69. The third-order valence-electron chi connectivity index (χ3n) is 5.04. The zero-order valence-electron chi connectivity index (χ0n) is 15.9. The Hall–Kier alpha value is -3.35. The maximum Gasteiger partial charge on any atom is 0.417 e. The molecule has 4 rings (SSSR count). The van der Waals surface area contributed by atoms with Gasteiger partial charge >= 0.3 is 18.0 Å². The summed E-state index contributed by atoms with van der Waals surface area (Å²) in [4.78, 5) is 41.7. The van der Waals surface area contributed by atoms with Gasteiger partial charge in [-0.15, -0.1) is 0 Å². The summed E-state index contributed by atoms with van der Waals surface area (Å²) in [6.45, 7) is -0.553. The van der Waals surface area contributed by atoms with Gasteiger partial charge in [0.05, 0.1) is 23.3 Å². The maximum absolute atomic E-state index is 13.4. The van der Waals surface area contributed by atoms with Crippen molar-refractivity contribution in [1.82, 2.24) is 23.3 Å². The number of aromatic nitrogens is 5. The average Bonchev–Trinajstić information content (AvgIpc) is 3.20. The van der Waals surface area contributed by atoms with E-state index in [1.54, 1.807) is 7.05 Å². The van der Waals surface area contributed by atoms with Crippen molar-refractivity contribution in [3.05, 3.63) is 61.1 Å². The quantitative estimate of drug-likeness (QED) is 0.427. The van der Waals surface area contributed by atoms with Crippen molar-refractivity contribution in [3.63, 3.8) is 0 Å². The number of aryl methyl sites for hydroxylation is 2. The molecule has 3 aromatic heterocycles. The molecule has 1 aromatic carbocycles. The number of benzene rings is 1. The Morgan fingerprint density at radius 1 is 1.19 bits per heavy atom. The van der Waals surface area contributed by atoms with Crippen LogP contribution in [0.15, 0.2) is 38.6 Å². The number of carbonyl (C=O) groups is 1. The van der Waals surface area contributed by atoms with Crippen LogP contribution in [0.4, 0.5) is 18.0 Å². The Morgan fingerprint density at radius 3 is 2.48 bits per heavy atom. The first-order chi connectivity index (χ1) is 14.4. The van der Waals surface area contributed by atoms with Gasteiger partial charge in [-0.1, -0.05) is 6.07 Å². The highest BCUT2D eigenvalue weighted by Gasteiger charge is 2.34. The number of hydrogen-bond acceptors (Lipinski definition) is 4. The molecule has 0 bridgehead atoms. The number of rotatable bonds is 2. The van der Waals surface area contributed by atoms with E-state index in [0.717, 1.165) is 27.3 Å². The number of imidazole rings is 1. The molecule has 0 spiro atoms. The molecule has 0 saturated carbocycles. The molecule has 0 radical (unpaired) electrons. The lowest BCUT2D eigenvalue weighted by molar-refractivity contribution is -0.136. The molecule has 0 amide bonds. The standard InChI is InChI=1S/C18H13BrF3N5O4/c1-24-12-13(23-15(24)19)25(2)16(29)26(14(12)28)7-8-6-9-10(18(20,21)22)4-3-5-11(9)27(8)17(30)31/h3-6H,7H2,1-2H3,(H,30,31). The van der Waals surface area contributed by atoms with Crippen LogP contribution in [0.5, 0.6) is 0 Å². The number of alkyl halides is 3. The second kappa shape index (κ2) is 6.83. The Balaban J connectivity index is 2.02. The predicted octanol–water partition coefficient (Wildman–Crippen LogP) is 2.74. The van der Waals surface area contributed by atoms with E-state index in [-0.39, 0.29) is 27.8 Å². The lowest BCUT2D eigenvalue weighted by Crippen LogP contribution is -2.40. The number of hydrogen-bond donors (Lipinski definition) is 1. The van der Waals surface area contributed by atoms with Crippen LogP contribution >= 0.6 is 15.9 Å². The second-order valence-electron chi connectivity index (χ2n) is 6.83. The van der Waals surface area contributed by atoms with Crippen LogP contribution in [-0.4, -0.2) is 34.5 Å². The molecule has 13 heteroatoms. The molecule has 0 aliphatic heterocycles. The Bertz CT molecular complexity index is 1510. The lowest BCUT2D eigenvalue weighted by atomic mass is 10.1.